The first-order chi connectivity index (χ1) is 17.3. The summed E-state index contributed by atoms with van der Waals surface area (Å²) in [4.78, 5) is 20.6. The van der Waals surface area contributed by atoms with E-state index in [2.05, 4.69) is 30.8 Å². The lowest BCUT2D eigenvalue weighted by atomic mass is 10.0. The summed E-state index contributed by atoms with van der Waals surface area (Å²) in [5.41, 5.74) is 1.61. The largest absolute Gasteiger partial charge is 0.443 e. The number of alkyl halides is 1. The second-order valence-corrected chi connectivity index (χ2v) is 8.98. The Balaban J connectivity index is 1.36. The average molecular weight is 499 g/mol. The van der Waals surface area contributed by atoms with Gasteiger partial charge >= 0.3 is 6.09 Å². The van der Waals surface area contributed by atoms with E-state index in [1.54, 1.807) is 42.8 Å². The van der Waals surface area contributed by atoms with Crippen molar-refractivity contribution in [2.45, 2.75) is 50.9 Å². The van der Waals surface area contributed by atoms with Crippen molar-refractivity contribution in [2.75, 3.05) is 5.32 Å². The van der Waals surface area contributed by atoms with Gasteiger partial charge in [0.1, 0.15) is 29.6 Å². The summed E-state index contributed by atoms with van der Waals surface area (Å²) in [6.07, 6.45) is 1.24. The molecule has 1 aliphatic carbocycles. The number of aromatic nitrogens is 5. The Morgan fingerprint density at radius 1 is 1.17 bits per heavy atom. The van der Waals surface area contributed by atoms with E-state index in [9.17, 15) is 13.6 Å². The molecule has 4 aromatic rings. The zero-order valence-corrected chi connectivity index (χ0v) is 19.5. The van der Waals surface area contributed by atoms with Crippen molar-refractivity contribution < 1.29 is 22.7 Å². The number of ether oxygens (including phenoxy) is 1. The SMILES string of the molecule is CC(C)NC(=O)O[C@@H]1CC[C@H](c2cc(Nc3nc(-c4cc(F)cc(F)c4)cc4nccn34)n[nH]2)[C@H]1F. The van der Waals surface area contributed by atoms with Crippen molar-refractivity contribution in [1.82, 2.24) is 29.9 Å². The van der Waals surface area contributed by atoms with Crippen LogP contribution in [0.1, 0.15) is 38.3 Å². The second-order valence-electron chi connectivity index (χ2n) is 8.98. The maximum absolute atomic E-state index is 15.1. The van der Waals surface area contributed by atoms with Crippen LogP contribution in [0.3, 0.4) is 0 Å². The number of rotatable bonds is 6. The van der Waals surface area contributed by atoms with Crippen molar-refractivity contribution in [1.29, 1.82) is 0 Å². The zero-order valence-electron chi connectivity index (χ0n) is 19.5. The third kappa shape index (κ3) is 4.83. The van der Waals surface area contributed by atoms with E-state index in [-0.39, 0.29) is 11.6 Å². The van der Waals surface area contributed by atoms with Gasteiger partial charge in [-0.1, -0.05) is 0 Å². The van der Waals surface area contributed by atoms with Crippen LogP contribution in [0, 0.1) is 11.6 Å². The molecule has 0 unspecified atom stereocenters. The summed E-state index contributed by atoms with van der Waals surface area (Å²) < 4.78 is 49.5. The van der Waals surface area contributed by atoms with Crippen LogP contribution < -0.4 is 10.6 Å². The van der Waals surface area contributed by atoms with Gasteiger partial charge in [0.2, 0.25) is 5.95 Å². The predicted molar refractivity (Wildman–Crippen MR) is 126 cm³/mol. The van der Waals surface area contributed by atoms with Gasteiger partial charge in [-0.3, -0.25) is 9.50 Å². The first-order valence-electron chi connectivity index (χ1n) is 11.5. The van der Waals surface area contributed by atoms with Gasteiger partial charge in [0.15, 0.2) is 5.82 Å². The molecular formula is C24H24F3N7O2. The highest BCUT2D eigenvalue weighted by molar-refractivity contribution is 5.68. The number of nitrogens with one attached hydrogen (secondary N) is 3. The van der Waals surface area contributed by atoms with Gasteiger partial charge in [-0.05, 0) is 38.8 Å². The predicted octanol–water partition coefficient (Wildman–Crippen LogP) is 4.86. The fraction of sp³-hybridized carbons (Fsp3) is 0.333. The van der Waals surface area contributed by atoms with Gasteiger partial charge in [-0.15, -0.1) is 0 Å². The maximum Gasteiger partial charge on any atom is 0.407 e. The number of amides is 1. The summed E-state index contributed by atoms with van der Waals surface area (Å²) >= 11 is 0. The number of alkyl carbamates (subject to hydrolysis) is 1. The number of carbonyl (C=O) groups excluding carboxylic acids is 1. The molecule has 0 spiro atoms. The summed E-state index contributed by atoms with van der Waals surface area (Å²) in [5, 5.41) is 12.7. The first-order valence-corrected chi connectivity index (χ1v) is 11.5. The highest BCUT2D eigenvalue weighted by Crippen LogP contribution is 2.38. The molecule has 9 nitrogen and oxygen atoms in total. The minimum Gasteiger partial charge on any atom is -0.443 e. The Morgan fingerprint density at radius 2 is 1.94 bits per heavy atom. The van der Waals surface area contributed by atoms with E-state index in [1.165, 1.54) is 12.1 Å². The van der Waals surface area contributed by atoms with Crippen molar-refractivity contribution in [3.8, 4) is 11.3 Å². The van der Waals surface area contributed by atoms with Crippen LogP contribution in [0.25, 0.3) is 16.9 Å². The summed E-state index contributed by atoms with van der Waals surface area (Å²) in [7, 11) is 0. The normalized spacial score (nSPS) is 19.7. The molecule has 1 aromatic carbocycles. The topological polar surface area (TPSA) is 109 Å². The number of benzene rings is 1. The summed E-state index contributed by atoms with van der Waals surface area (Å²) in [5.74, 6) is -1.29. The summed E-state index contributed by atoms with van der Waals surface area (Å²) in [6.45, 7) is 3.59. The number of hydrogen-bond acceptors (Lipinski definition) is 6. The fourth-order valence-corrected chi connectivity index (χ4v) is 4.35. The minimum absolute atomic E-state index is 0.108. The maximum atomic E-state index is 15.1. The standard InChI is InChI=1S/C24H24F3N7O2/c1-12(2)29-24(35)36-19-4-3-16(22(19)27)18-10-20(33-32-18)31-23-30-17(11-21-28-5-6-34(21)23)13-7-14(25)9-15(26)8-13/h5-12,16,19,22H,3-4H2,1-2H3,(H,29,35)(H2,30,31,32,33)/t16-,19-,22-/m1/s1. The van der Waals surface area contributed by atoms with E-state index in [0.29, 0.717) is 41.6 Å². The number of imidazole rings is 1. The lowest BCUT2D eigenvalue weighted by Crippen LogP contribution is -2.36. The lowest BCUT2D eigenvalue weighted by Gasteiger charge is -2.18. The first kappa shape index (κ1) is 23.6. The molecule has 0 bridgehead atoms. The number of aromatic amines is 1. The van der Waals surface area contributed by atoms with Crippen LogP contribution in [0.5, 0.6) is 0 Å². The molecule has 3 N–H and O–H groups in total. The summed E-state index contributed by atoms with van der Waals surface area (Å²) in [6, 6.07) is 6.31. The molecule has 1 aliphatic rings. The number of fused-ring (bicyclic) bond motifs is 1. The molecule has 0 aliphatic heterocycles. The van der Waals surface area contributed by atoms with Crippen molar-refractivity contribution in [2.24, 2.45) is 0 Å². The van der Waals surface area contributed by atoms with E-state index < -0.39 is 35.9 Å². The fourth-order valence-electron chi connectivity index (χ4n) is 4.35. The molecule has 1 saturated carbocycles. The van der Waals surface area contributed by atoms with E-state index in [0.717, 1.165) is 6.07 Å². The van der Waals surface area contributed by atoms with E-state index >= 15 is 4.39 Å². The third-order valence-corrected chi connectivity index (χ3v) is 5.95. The van der Waals surface area contributed by atoms with Crippen LogP contribution in [0.15, 0.2) is 42.7 Å². The van der Waals surface area contributed by atoms with Crippen LogP contribution in [0.2, 0.25) is 0 Å². The Bertz CT molecular complexity index is 1380. The molecule has 5 rings (SSSR count). The highest BCUT2D eigenvalue weighted by Gasteiger charge is 2.41. The van der Waals surface area contributed by atoms with Gasteiger partial charge in [-0.2, -0.15) is 5.10 Å². The Labute approximate surface area is 204 Å². The molecule has 3 atom stereocenters. The van der Waals surface area contributed by atoms with Gasteiger partial charge in [-0.25, -0.2) is 27.9 Å². The lowest BCUT2D eigenvalue weighted by molar-refractivity contribution is 0.0555. The molecule has 188 valence electrons. The Morgan fingerprint density at radius 3 is 2.69 bits per heavy atom. The third-order valence-electron chi connectivity index (χ3n) is 5.95. The minimum atomic E-state index is -1.39. The molecule has 1 fully saturated rings. The number of carbonyl (C=O) groups is 1. The molecule has 3 heterocycles. The van der Waals surface area contributed by atoms with Crippen LogP contribution >= 0.6 is 0 Å². The molecule has 1 amide bonds. The number of halogens is 3. The van der Waals surface area contributed by atoms with E-state index in [1.807, 2.05) is 0 Å². The zero-order chi connectivity index (χ0) is 25.4. The van der Waals surface area contributed by atoms with Gasteiger partial charge in [0.25, 0.3) is 0 Å². The number of anilines is 2. The van der Waals surface area contributed by atoms with Gasteiger partial charge < -0.3 is 15.4 Å². The smallest absolute Gasteiger partial charge is 0.407 e. The molecule has 36 heavy (non-hydrogen) atoms. The molecule has 3 aromatic heterocycles. The van der Waals surface area contributed by atoms with Crippen molar-refractivity contribution >= 4 is 23.5 Å². The van der Waals surface area contributed by atoms with Crippen molar-refractivity contribution in [3.05, 3.63) is 60.1 Å². The van der Waals surface area contributed by atoms with Crippen LogP contribution in [0.4, 0.5) is 29.7 Å². The molecular weight excluding hydrogens is 475 g/mol. The quantitative estimate of drug-likeness (QED) is 0.350. The second kappa shape index (κ2) is 9.51. The monoisotopic (exact) mass is 499 g/mol. The Hall–Kier alpha value is -4.09. The number of H-pyrrole nitrogens is 1. The number of hydrogen-bond donors (Lipinski definition) is 3. The number of nitrogens with zero attached hydrogens (tertiary/aromatic N) is 4. The van der Waals surface area contributed by atoms with Crippen molar-refractivity contribution in [3.63, 3.8) is 0 Å². The van der Waals surface area contributed by atoms with E-state index in [4.69, 9.17) is 4.74 Å². The van der Waals surface area contributed by atoms with Gasteiger partial charge in [0, 0.05) is 53.8 Å². The molecule has 0 radical (unpaired) electrons. The van der Waals surface area contributed by atoms with Crippen LogP contribution in [-0.4, -0.2) is 49.0 Å². The highest BCUT2D eigenvalue weighted by atomic mass is 19.1. The average Bonchev–Trinajstić information content (AvgIpc) is 3.53. The van der Waals surface area contributed by atoms with Gasteiger partial charge in [0.05, 0.1) is 5.69 Å². The Kier molecular flexibility index (Phi) is 6.25. The molecule has 12 heteroatoms. The van der Waals surface area contributed by atoms with Crippen LogP contribution in [-0.2, 0) is 4.74 Å². The molecule has 0 saturated heterocycles.